The molecular formula is C11H20N2O. The number of carbonyl (C=O) groups excluding carboxylic acids is 1. The van der Waals surface area contributed by atoms with Crippen LogP contribution in [-0.2, 0) is 4.79 Å². The highest BCUT2D eigenvalue weighted by Gasteiger charge is 2.12. The zero-order valence-corrected chi connectivity index (χ0v) is 9.18. The van der Waals surface area contributed by atoms with Crippen molar-refractivity contribution >= 4 is 5.91 Å². The van der Waals surface area contributed by atoms with Gasteiger partial charge in [0.2, 0.25) is 5.91 Å². The van der Waals surface area contributed by atoms with Gasteiger partial charge in [-0.2, -0.15) is 5.26 Å². The molecule has 0 saturated carbocycles. The second-order valence-corrected chi connectivity index (χ2v) is 3.42. The van der Waals surface area contributed by atoms with Gasteiger partial charge >= 0.3 is 0 Å². The lowest BCUT2D eigenvalue weighted by atomic mass is 10.0. The number of nitriles is 1. The second kappa shape index (κ2) is 8.55. The van der Waals surface area contributed by atoms with E-state index in [0.717, 1.165) is 25.7 Å². The predicted octanol–water partition coefficient (Wildman–Crippen LogP) is 2.23. The number of nitrogens with one attached hydrogen (secondary N) is 1. The zero-order valence-electron chi connectivity index (χ0n) is 9.18. The lowest BCUT2D eigenvalue weighted by Crippen LogP contribution is -2.30. The summed E-state index contributed by atoms with van der Waals surface area (Å²) in [4.78, 5) is 11.5. The molecule has 0 aromatic heterocycles. The number of amides is 1. The Balaban J connectivity index is 3.48. The largest absolute Gasteiger partial charge is 0.356 e. The molecule has 3 heteroatoms. The highest BCUT2D eigenvalue weighted by molar-refractivity contribution is 5.78. The monoisotopic (exact) mass is 196 g/mol. The third-order valence-electron chi connectivity index (χ3n) is 2.37. The van der Waals surface area contributed by atoms with Gasteiger partial charge in [-0.15, -0.1) is 0 Å². The molecule has 3 nitrogen and oxygen atoms in total. The summed E-state index contributed by atoms with van der Waals surface area (Å²) in [5, 5.41) is 11.2. The lowest BCUT2D eigenvalue weighted by molar-refractivity contribution is -0.125. The maximum absolute atomic E-state index is 11.5. The molecule has 0 fully saturated rings. The molecule has 0 aliphatic rings. The van der Waals surface area contributed by atoms with Crippen LogP contribution >= 0.6 is 0 Å². The Hall–Kier alpha value is -1.04. The van der Waals surface area contributed by atoms with Gasteiger partial charge in [0.15, 0.2) is 0 Å². The Labute approximate surface area is 86.5 Å². The molecule has 0 unspecified atom stereocenters. The maximum Gasteiger partial charge on any atom is 0.223 e. The smallest absolute Gasteiger partial charge is 0.223 e. The lowest BCUT2D eigenvalue weighted by Gasteiger charge is -2.12. The van der Waals surface area contributed by atoms with E-state index in [1.165, 1.54) is 0 Å². The van der Waals surface area contributed by atoms with Crippen LogP contribution in [0.5, 0.6) is 0 Å². The fourth-order valence-corrected chi connectivity index (χ4v) is 1.34. The topological polar surface area (TPSA) is 52.9 Å². The average Bonchev–Trinajstić information content (AvgIpc) is 2.19. The summed E-state index contributed by atoms with van der Waals surface area (Å²) in [7, 11) is 0. The van der Waals surface area contributed by atoms with E-state index < -0.39 is 0 Å². The fraction of sp³-hybridized carbons (Fsp3) is 0.818. The Morgan fingerprint density at radius 3 is 2.50 bits per heavy atom. The van der Waals surface area contributed by atoms with E-state index in [-0.39, 0.29) is 11.8 Å². The molecule has 0 aromatic carbocycles. The summed E-state index contributed by atoms with van der Waals surface area (Å²) in [6.45, 7) is 4.77. The van der Waals surface area contributed by atoms with Crippen molar-refractivity contribution in [3.8, 4) is 6.07 Å². The van der Waals surface area contributed by atoms with E-state index in [1.807, 2.05) is 13.8 Å². The van der Waals surface area contributed by atoms with Gasteiger partial charge in [-0.25, -0.2) is 0 Å². The zero-order chi connectivity index (χ0) is 10.8. The number of nitrogens with zero attached hydrogens (tertiary/aromatic N) is 1. The van der Waals surface area contributed by atoms with E-state index in [2.05, 4.69) is 11.4 Å². The van der Waals surface area contributed by atoms with Gasteiger partial charge in [0, 0.05) is 18.9 Å². The highest BCUT2D eigenvalue weighted by Crippen LogP contribution is 2.06. The average molecular weight is 196 g/mol. The molecule has 1 N–H and O–H groups in total. The molecule has 0 spiro atoms. The standard InChI is InChI=1S/C11H20N2O/c1-3-10(4-2)11(14)13-9-7-5-6-8-12/h10H,3-7,9H2,1-2H3,(H,13,14). The molecule has 14 heavy (non-hydrogen) atoms. The third kappa shape index (κ3) is 5.58. The molecule has 0 aliphatic carbocycles. The van der Waals surface area contributed by atoms with Crippen LogP contribution in [0.1, 0.15) is 46.0 Å². The molecule has 0 radical (unpaired) electrons. The molecule has 0 heterocycles. The molecule has 0 bridgehead atoms. The van der Waals surface area contributed by atoms with E-state index >= 15 is 0 Å². The normalized spacial score (nSPS) is 9.86. The summed E-state index contributed by atoms with van der Waals surface area (Å²) in [5.74, 6) is 0.318. The van der Waals surface area contributed by atoms with Crippen LogP contribution in [-0.4, -0.2) is 12.5 Å². The van der Waals surface area contributed by atoms with Gasteiger partial charge in [-0.05, 0) is 25.7 Å². The van der Waals surface area contributed by atoms with E-state index in [0.29, 0.717) is 13.0 Å². The van der Waals surface area contributed by atoms with Gasteiger partial charge < -0.3 is 5.32 Å². The fourth-order valence-electron chi connectivity index (χ4n) is 1.34. The minimum atomic E-state index is 0.158. The van der Waals surface area contributed by atoms with Gasteiger partial charge in [-0.3, -0.25) is 4.79 Å². The Bertz CT molecular complexity index is 192. The van der Waals surface area contributed by atoms with Gasteiger partial charge in [-0.1, -0.05) is 13.8 Å². The van der Waals surface area contributed by atoms with E-state index in [4.69, 9.17) is 5.26 Å². The van der Waals surface area contributed by atoms with Crippen LogP contribution in [0.4, 0.5) is 0 Å². The molecule has 0 atom stereocenters. The van der Waals surface area contributed by atoms with Crippen molar-refractivity contribution in [3.05, 3.63) is 0 Å². The number of carbonyl (C=O) groups is 1. The molecular weight excluding hydrogens is 176 g/mol. The van der Waals surface area contributed by atoms with Crippen molar-refractivity contribution < 1.29 is 4.79 Å². The predicted molar refractivity (Wildman–Crippen MR) is 56.5 cm³/mol. The highest BCUT2D eigenvalue weighted by atomic mass is 16.1. The molecule has 1 amide bonds. The first kappa shape index (κ1) is 13.0. The third-order valence-corrected chi connectivity index (χ3v) is 2.37. The van der Waals surface area contributed by atoms with Crippen LogP contribution in [0.3, 0.4) is 0 Å². The maximum atomic E-state index is 11.5. The van der Waals surface area contributed by atoms with Crippen LogP contribution < -0.4 is 5.32 Å². The number of hydrogen-bond donors (Lipinski definition) is 1. The first-order valence-electron chi connectivity index (χ1n) is 5.40. The summed E-state index contributed by atoms with van der Waals surface area (Å²) in [6.07, 6.45) is 4.17. The molecule has 0 saturated heterocycles. The Morgan fingerprint density at radius 2 is 2.00 bits per heavy atom. The Kier molecular flexibility index (Phi) is 7.92. The van der Waals surface area contributed by atoms with Gasteiger partial charge in [0.05, 0.1) is 6.07 Å². The van der Waals surface area contributed by atoms with Gasteiger partial charge in [0.25, 0.3) is 0 Å². The van der Waals surface area contributed by atoms with Crippen molar-refractivity contribution in [1.29, 1.82) is 5.26 Å². The van der Waals surface area contributed by atoms with Gasteiger partial charge in [0.1, 0.15) is 0 Å². The van der Waals surface area contributed by atoms with Crippen molar-refractivity contribution in [1.82, 2.24) is 5.32 Å². The second-order valence-electron chi connectivity index (χ2n) is 3.42. The Morgan fingerprint density at radius 1 is 1.36 bits per heavy atom. The first-order valence-corrected chi connectivity index (χ1v) is 5.40. The molecule has 80 valence electrons. The van der Waals surface area contributed by atoms with Crippen LogP contribution in [0.25, 0.3) is 0 Å². The first-order chi connectivity index (χ1) is 6.76. The van der Waals surface area contributed by atoms with Crippen LogP contribution in [0.15, 0.2) is 0 Å². The molecule has 0 aromatic rings. The number of rotatable bonds is 7. The van der Waals surface area contributed by atoms with Crippen LogP contribution in [0.2, 0.25) is 0 Å². The SMILES string of the molecule is CCC(CC)C(=O)NCCCCC#N. The quantitative estimate of drug-likeness (QED) is 0.635. The minimum absolute atomic E-state index is 0.158. The number of unbranched alkanes of at least 4 members (excludes halogenated alkanes) is 2. The van der Waals surface area contributed by atoms with Crippen molar-refractivity contribution in [2.45, 2.75) is 46.0 Å². The van der Waals surface area contributed by atoms with Crippen molar-refractivity contribution in [3.63, 3.8) is 0 Å². The summed E-state index contributed by atoms with van der Waals surface area (Å²) in [6, 6.07) is 2.09. The molecule has 0 aliphatic heterocycles. The summed E-state index contributed by atoms with van der Waals surface area (Å²) >= 11 is 0. The summed E-state index contributed by atoms with van der Waals surface area (Å²) < 4.78 is 0. The summed E-state index contributed by atoms with van der Waals surface area (Å²) in [5.41, 5.74) is 0. The molecule has 0 rings (SSSR count). The van der Waals surface area contributed by atoms with Crippen LogP contribution in [0, 0.1) is 17.2 Å². The van der Waals surface area contributed by atoms with Crippen molar-refractivity contribution in [2.24, 2.45) is 5.92 Å². The van der Waals surface area contributed by atoms with Crippen molar-refractivity contribution in [2.75, 3.05) is 6.54 Å². The number of hydrogen-bond acceptors (Lipinski definition) is 2. The van der Waals surface area contributed by atoms with E-state index in [9.17, 15) is 4.79 Å². The van der Waals surface area contributed by atoms with E-state index in [1.54, 1.807) is 0 Å². The minimum Gasteiger partial charge on any atom is -0.356 e.